The molecular formula is C20H28N4O2. The summed E-state index contributed by atoms with van der Waals surface area (Å²) in [6.45, 7) is 5.66. The molecule has 6 nitrogen and oxygen atoms in total. The van der Waals surface area contributed by atoms with E-state index in [1.165, 1.54) is 0 Å². The summed E-state index contributed by atoms with van der Waals surface area (Å²) in [5, 5.41) is 10.2. The lowest BCUT2D eigenvalue weighted by Gasteiger charge is -2.28. The molecule has 1 aliphatic heterocycles. The third kappa shape index (κ3) is 4.93. The predicted octanol–water partition coefficient (Wildman–Crippen LogP) is 2.51. The Hall–Kier alpha value is -2.18. The number of anilines is 1. The second-order valence-electron chi connectivity index (χ2n) is 7.78. The van der Waals surface area contributed by atoms with Gasteiger partial charge in [0, 0.05) is 43.2 Å². The van der Waals surface area contributed by atoms with Crippen LogP contribution in [0.3, 0.4) is 0 Å². The lowest BCUT2D eigenvalue weighted by atomic mass is 9.92. The van der Waals surface area contributed by atoms with E-state index in [9.17, 15) is 5.11 Å². The zero-order chi connectivity index (χ0) is 18.7. The Morgan fingerprint density at radius 2 is 1.88 bits per heavy atom. The minimum Gasteiger partial charge on any atom is -0.460 e. The first kappa shape index (κ1) is 18.6. The Morgan fingerprint density at radius 1 is 1.23 bits per heavy atom. The van der Waals surface area contributed by atoms with Crippen LogP contribution in [0.5, 0.6) is 6.01 Å². The van der Waals surface area contributed by atoms with Crippen molar-refractivity contribution in [3.8, 4) is 17.1 Å². The number of piperidine rings is 1. The molecule has 1 aromatic heterocycles. The number of hydrogen-bond acceptors (Lipinski definition) is 6. The van der Waals surface area contributed by atoms with Crippen LogP contribution < -0.4 is 10.5 Å². The summed E-state index contributed by atoms with van der Waals surface area (Å²) in [5.41, 5.74) is 8.65. The van der Waals surface area contributed by atoms with Gasteiger partial charge < -0.3 is 20.5 Å². The van der Waals surface area contributed by atoms with Crippen LogP contribution in [-0.2, 0) is 6.42 Å². The van der Waals surface area contributed by atoms with E-state index < -0.39 is 5.60 Å². The van der Waals surface area contributed by atoms with Crippen molar-refractivity contribution in [2.45, 2.75) is 44.8 Å². The van der Waals surface area contributed by atoms with Gasteiger partial charge in [-0.2, -0.15) is 0 Å². The standard InChI is InChI=1S/C20H28N4O2/c1-20(2,25)11-14-4-5-16(21)10-18(14)15-12-22-19(23-13-15)26-17-6-8-24(3)9-7-17/h4-5,10,12-13,17,25H,6-9,11,21H2,1-3H3. The van der Waals surface area contributed by atoms with Gasteiger partial charge in [0.25, 0.3) is 0 Å². The van der Waals surface area contributed by atoms with Gasteiger partial charge in [0.15, 0.2) is 0 Å². The van der Waals surface area contributed by atoms with E-state index in [4.69, 9.17) is 10.5 Å². The zero-order valence-corrected chi connectivity index (χ0v) is 15.8. The SMILES string of the molecule is CN1CCC(Oc2ncc(-c3cc(N)ccc3CC(C)(C)O)cn2)CC1. The number of hydrogen-bond donors (Lipinski definition) is 2. The number of nitrogen functional groups attached to an aromatic ring is 1. The highest BCUT2D eigenvalue weighted by Crippen LogP contribution is 2.28. The molecule has 0 aliphatic carbocycles. The Balaban J connectivity index is 1.77. The van der Waals surface area contributed by atoms with Gasteiger partial charge in [-0.25, -0.2) is 9.97 Å². The van der Waals surface area contributed by atoms with Crippen molar-refractivity contribution in [2.75, 3.05) is 25.9 Å². The van der Waals surface area contributed by atoms with Crippen LogP contribution in [0.2, 0.25) is 0 Å². The van der Waals surface area contributed by atoms with E-state index in [2.05, 4.69) is 21.9 Å². The highest BCUT2D eigenvalue weighted by molar-refractivity contribution is 5.70. The molecule has 0 bridgehead atoms. The van der Waals surface area contributed by atoms with Crippen molar-refractivity contribution < 1.29 is 9.84 Å². The van der Waals surface area contributed by atoms with Crippen LogP contribution in [0.1, 0.15) is 32.3 Å². The summed E-state index contributed by atoms with van der Waals surface area (Å²) in [7, 11) is 2.12. The van der Waals surface area contributed by atoms with Gasteiger partial charge in [-0.15, -0.1) is 0 Å². The second kappa shape index (κ2) is 7.60. The first-order chi connectivity index (χ1) is 12.3. The van der Waals surface area contributed by atoms with Crippen LogP contribution in [-0.4, -0.2) is 51.8 Å². The van der Waals surface area contributed by atoms with E-state index in [1.807, 2.05) is 18.2 Å². The fourth-order valence-electron chi connectivity index (χ4n) is 3.25. The molecule has 0 spiro atoms. The third-order valence-corrected chi connectivity index (χ3v) is 4.63. The molecule has 3 rings (SSSR count). The number of rotatable bonds is 5. The number of aliphatic hydroxyl groups is 1. The second-order valence-corrected chi connectivity index (χ2v) is 7.78. The Morgan fingerprint density at radius 3 is 2.50 bits per heavy atom. The molecule has 0 amide bonds. The van der Waals surface area contributed by atoms with Gasteiger partial charge in [-0.05, 0) is 57.0 Å². The molecule has 2 heterocycles. The monoisotopic (exact) mass is 356 g/mol. The number of ether oxygens (including phenoxy) is 1. The van der Waals surface area contributed by atoms with Gasteiger partial charge in [0.1, 0.15) is 6.10 Å². The Bertz CT molecular complexity index is 732. The zero-order valence-electron chi connectivity index (χ0n) is 15.8. The quantitative estimate of drug-likeness (QED) is 0.801. The molecule has 1 fully saturated rings. The summed E-state index contributed by atoms with van der Waals surface area (Å²) in [6.07, 6.45) is 6.21. The molecule has 1 aliphatic rings. The van der Waals surface area contributed by atoms with Crippen molar-refractivity contribution in [1.29, 1.82) is 0 Å². The molecule has 0 atom stereocenters. The molecule has 3 N–H and O–H groups in total. The lowest BCUT2D eigenvalue weighted by molar-refractivity contribution is 0.0811. The predicted molar refractivity (Wildman–Crippen MR) is 103 cm³/mol. The fourth-order valence-corrected chi connectivity index (χ4v) is 3.25. The molecular weight excluding hydrogens is 328 g/mol. The minimum absolute atomic E-state index is 0.176. The summed E-state index contributed by atoms with van der Waals surface area (Å²) in [4.78, 5) is 11.1. The topological polar surface area (TPSA) is 84.5 Å². The maximum Gasteiger partial charge on any atom is 0.316 e. The highest BCUT2D eigenvalue weighted by Gasteiger charge is 2.20. The van der Waals surface area contributed by atoms with Crippen LogP contribution >= 0.6 is 0 Å². The van der Waals surface area contributed by atoms with Crippen LogP contribution in [0.25, 0.3) is 11.1 Å². The van der Waals surface area contributed by atoms with Crippen molar-refractivity contribution in [2.24, 2.45) is 0 Å². The van der Waals surface area contributed by atoms with Crippen molar-refractivity contribution >= 4 is 5.69 Å². The maximum atomic E-state index is 10.2. The first-order valence-electron chi connectivity index (χ1n) is 9.08. The van der Waals surface area contributed by atoms with Crippen molar-refractivity contribution in [1.82, 2.24) is 14.9 Å². The molecule has 0 radical (unpaired) electrons. The fraction of sp³-hybridized carbons (Fsp3) is 0.500. The Kier molecular flexibility index (Phi) is 5.44. The van der Waals surface area contributed by atoms with Gasteiger partial charge in [0.2, 0.25) is 0 Å². The summed E-state index contributed by atoms with van der Waals surface area (Å²) in [6, 6.07) is 6.11. The molecule has 140 valence electrons. The number of benzene rings is 1. The Labute approximate surface area is 155 Å². The summed E-state index contributed by atoms with van der Waals surface area (Å²) >= 11 is 0. The van der Waals surface area contributed by atoms with E-state index in [1.54, 1.807) is 26.2 Å². The summed E-state index contributed by atoms with van der Waals surface area (Å²) in [5.74, 6) is 0. The average Bonchev–Trinajstić information content (AvgIpc) is 2.58. The molecule has 2 aromatic rings. The highest BCUT2D eigenvalue weighted by atomic mass is 16.5. The van der Waals surface area contributed by atoms with E-state index >= 15 is 0 Å². The van der Waals surface area contributed by atoms with Gasteiger partial charge in [-0.3, -0.25) is 0 Å². The van der Waals surface area contributed by atoms with E-state index in [0.29, 0.717) is 18.1 Å². The first-order valence-corrected chi connectivity index (χ1v) is 9.08. The minimum atomic E-state index is -0.803. The average molecular weight is 356 g/mol. The third-order valence-electron chi connectivity index (χ3n) is 4.63. The van der Waals surface area contributed by atoms with Crippen molar-refractivity contribution in [3.63, 3.8) is 0 Å². The van der Waals surface area contributed by atoms with E-state index in [0.717, 1.165) is 42.6 Å². The lowest BCUT2D eigenvalue weighted by Crippen LogP contribution is -2.35. The van der Waals surface area contributed by atoms with Gasteiger partial charge in [-0.1, -0.05) is 6.07 Å². The molecule has 0 saturated carbocycles. The molecule has 0 unspecified atom stereocenters. The van der Waals surface area contributed by atoms with Gasteiger partial charge >= 0.3 is 6.01 Å². The molecule has 1 aromatic carbocycles. The number of nitrogens with zero attached hydrogens (tertiary/aromatic N) is 3. The van der Waals surface area contributed by atoms with Crippen molar-refractivity contribution in [3.05, 3.63) is 36.2 Å². The number of aromatic nitrogens is 2. The molecule has 6 heteroatoms. The largest absolute Gasteiger partial charge is 0.460 e. The van der Waals surface area contributed by atoms with Gasteiger partial charge in [0.05, 0.1) is 5.60 Å². The normalized spacial score (nSPS) is 16.6. The number of nitrogens with two attached hydrogens (primary N) is 1. The molecule has 26 heavy (non-hydrogen) atoms. The van der Waals surface area contributed by atoms with E-state index in [-0.39, 0.29) is 6.10 Å². The number of likely N-dealkylation sites (tertiary alicyclic amines) is 1. The smallest absolute Gasteiger partial charge is 0.316 e. The van der Waals surface area contributed by atoms with Crippen LogP contribution in [0.15, 0.2) is 30.6 Å². The van der Waals surface area contributed by atoms with Crippen LogP contribution in [0, 0.1) is 0 Å². The van der Waals surface area contributed by atoms with Crippen LogP contribution in [0.4, 0.5) is 5.69 Å². The maximum absolute atomic E-state index is 10.2. The summed E-state index contributed by atoms with van der Waals surface area (Å²) < 4.78 is 5.92. The molecule has 1 saturated heterocycles.